The molecule has 0 saturated heterocycles. The Morgan fingerprint density at radius 1 is 1.06 bits per heavy atom. The molecule has 18 heavy (non-hydrogen) atoms. The van der Waals surface area contributed by atoms with Gasteiger partial charge in [-0.1, -0.05) is 18.9 Å². The third-order valence-corrected chi connectivity index (χ3v) is 1.74. The quantitative estimate of drug-likeness (QED) is 0.363. The van der Waals surface area contributed by atoms with Crippen LogP contribution in [-0.4, -0.2) is 5.78 Å². The standard InChI is InChI=1S/C10H13O.3CO.Mn/c1-2-3-8-10(11)9-6-4-5-7-9;3*1-2;/h4-7H,2-3,8H2,1H3;;;;/q-1;;;;. The normalized spacial score (nSPS) is 6.39. The summed E-state index contributed by atoms with van der Waals surface area (Å²) < 4.78 is 22.5. The number of rotatable bonds is 4. The third-order valence-electron chi connectivity index (χ3n) is 1.74. The van der Waals surface area contributed by atoms with Crippen molar-refractivity contribution in [2.24, 2.45) is 0 Å². The van der Waals surface area contributed by atoms with Crippen molar-refractivity contribution in [3.8, 4) is 0 Å². The molecule has 0 unspecified atom stereocenters. The summed E-state index contributed by atoms with van der Waals surface area (Å²) >= 11 is 0. The summed E-state index contributed by atoms with van der Waals surface area (Å²) in [5, 5.41) is 0. The molecule has 0 aliphatic heterocycles. The molecule has 97 valence electrons. The molecule has 0 saturated carbocycles. The molecule has 0 heterocycles. The monoisotopic (exact) mass is 288 g/mol. The molecule has 0 aromatic heterocycles. The number of hydrogen-bond donors (Lipinski definition) is 0. The van der Waals surface area contributed by atoms with Gasteiger partial charge in [-0.3, -0.25) is 0 Å². The van der Waals surface area contributed by atoms with E-state index in [0.717, 1.165) is 18.4 Å². The Labute approximate surface area is 118 Å². The predicted octanol–water partition coefficient (Wildman–Crippen LogP) is 2.66. The van der Waals surface area contributed by atoms with Crippen LogP contribution in [0.1, 0.15) is 36.5 Å². The Balaban J connectivity index is -0.000000123. The van der Waals surface area contributed by atoms with Gasteiger partial charge in [-0.25, -0.2) is 12.1 Å². The SMILES string of the molecule is CCCCC(=O)[c-]1cccc1.[C-]#[O+].[C-]#[O+].[C-]#[O+].[Mn]. The molecule has 4 nitrogen and oxygen atoms in total. The Hall–Kier alpha value is -1.24. The van der Waals surface area contributed by atoms with Gasteiger partial charge < -0.3 is 4.79 Å². The van der Waals surface area contributed by atoms with E-state index in [1.54, 1.807) is 0 Å². The van der Waals surface area contributed by atoms with Crippen LogP contribution >= 0.6 is 0 Å². The molecule has 0 aliphatic carbocycles. The maximum absolute atomic E-state index is 11.3. The molecule has 1 aromatic rings. The fraction of sp³-hybridized carbons (Fsp3) is 0.308. The van der Waals surface area contributed by atoms with E-state index < -0.39 is 0 Å². The minimum Gasteiger partial charge on any atom is 0 e. The molecule has 1 rings (SSSR count). The zero-order chi connectivity index (χ0) is 14.1. The first-order valence-electron chi connectivity index (χ1n) is 4.70. The van der Waals surface area contributed by atoms with Crippen molar-refractivity contribution >= 4 is 5.78 Å². The van der Waals surface area contributed by atoms with E-state index in [2.05, 4.69) is 26.9 Å². The zero-order valence-electron chi connectivity index (χ0n) is 9.94. The minimum absolute atomic E-state index is 0. The second-order valence-electron chi connectivity index (χ2n) is 2.70. The van der Waals surface area contributed by atoms with Gasteiger partial charge in [0.05, 0.1) is 0 Å². The fourth-order valence-corrected chi connectivity index (χ4v) is 1.04. The Kier molecular flexibility index (Phi) is 35.3. The third kappa shape index (κ3) is 14.8. The molecular formula is C13H13MnO4-. The van der Waals surface area contributed by atoms with Crippen LogP contribution in [-0.2, 0) is 31.0 Å². The van der Waals surface area contributed by atoms with Crippen LogP contribution in [0.5, 0.6) is 0 Å². The number of unbranched alkanes of at least 4 members (excludes halogenated alkanes) is 1. The van der Waals surface area contributed by atoms with Gasteiger partial charge in [0.15, 0.2) is 0 Å². The molecule has 0 N–H and O–H groups in total. The summed E-state index contributed by atoms with van der Waals surface area (Å²) in [5.41, 5.74) is 0.860. The summed E-state index contributed by atoms with van der Waals surface area (Å²) in [6, 6.07) is 7.55. The van der Waals surface area contributed by atoms with Crippen molar-refractivity contribution in [1.29, 1.82) is 0 Å². The number of hydrogen-bond acceptors (Lipinski definition) is 1. The summed E-state index contributed by atoms with van der Waals surface area (Å²) in [5.74, 6) is 0.275. The number of ketones is 1. The molecule has 0 atom stereocenters. The maximum atomic E-state index is 11.3. The Morgan fingerprint density at radius 3 is 1.78 bits per heavy atom. The molecule has 0 spiro atoms. The van der Waals surface area contributed by atoms with E-state index in [4.69, 9.17) is 14.0 Å². The molecule has 1 radical (unpaired) electrons. The van der Waals surface area contributed by atoms with Gasteiger partial charge >= 0.3 is 33.9 Å². The average molecular weight is 288 g/mol. The van der Waals surface area contributed by atoms with E-state index in [9.17, 15) is 4.79 Å². The van der Waals surface area contributed by atoms with Crippen LogP contribution in [0.25, 0.3) is 0 Å². The van der Waals surface area contributed by atoms with Gasteiger partial charge in [0.25, 0.3) is 0 Å². The van der Waals surface area contributed by atoms with Gasteiger partial charge in [0.1, 0.15) is 5.78 Å². The first-order valence-corrected chi connectivity index (χ1v) is 4.70. The van der Waals surface area contributed by atoms with Gasteiger partial charge in [-0.05, 0) is 12.8 Å². The Bertz CT molecular complexity index is 308. The Morgan fingerprint density at radius 2 is 1.44 bits per heavy atom. The van der Waals surface area contributed by atoms with Gasteiger partial charge in [0, 0.05) is 17.1 Å². The van der Waals surface area contributed by atoms with E-state index in [0.29, 0.717) is 6.42 Å². The van der Waals surface area contributed by atoms with Crippen molar-refractivity contribution in [2.45, 2.75) is 26.2 Å². The molecule has 0 aliphatic rings. The largest absolute Gasteiger partial charge is 0 e. The smallest absolute Gasteiger partial charge is 0 e. The fourth-order valence-electron chi connectivity index (χ4n) is 1.04. The van der Waals surface area contributed by atoms with E-state index >= 15 is 0 Å². The van der Waals surface area contributed by atoms with E-state index in [-0.39, 0.29) is 22.9 Å². The van der Waals surface area contributed by atoms with Crippen molar-refractivity contribution < 1.29 is 35.8 Å². The summed E-state index contributed by atoms with van der Waals surface area (Å²) in [7, 11) is 0. The second-order valence-corrected chi connectivity index (χ2v) is 2.70. The van der Waals surface area contributed by atoms with Crippen molar-refractivity contribution in [2.75, 3.05) is 0 Å². The molecule has 1 aromatic carbocycles. The van der Waals surface area contributed by atoms with E-state index in [1.165, 1.54) is 0 Å². The van der Waals surface area contributed by atoms with Crippen molar-refractivity contribution in [3.05, 3.63) is 49.8 Å². The molecule has 0 bridgehead atoms. The topological polar surface area (TPSA) is 76.8 Å². The first-order chi connectivity index (χ1) is 8.34. The van der Waals surface area contributed by atoms with Crippen molar-refractivity contribution in [3.63, 3.8) is 0 Å². The summed E-state index contributed by atoms with van der Waals surface area (Å²) in [6.07, 6.45) is 2.79. The van der Waals surface area contributed by atoms with Gasteiger partial charge in [-0.15, -0.1) is 0 Å². The van der Waals surface area contributed by atoms with Crippen LogP contribution in [0.3, 0.4) is 0 Å². The van der Waals surface area contributed by atoms with Crippen LogP contribution in [0.15, 0.2) is 24.3 Å². The van der Waals surface area contributed by atoms with Crippen LogP contribution in [0.2, 0.25) is 0 Å². The molecule has 0 fully saturated rings. The minimum atomic E-state index is 0. The molecule has 0 amide bonds. The van der Waals surface area contributed by atoms with Crippen LogP contribution < -0.4 is 0 Å². The summed E-state index contributed by atoms with van der Waals surface area (Å²) in [6.45, 7) is 15.6. The zero-order valence-corrected chi connectivity index (χ0v) is 11.1. The first kappa shape index (κ1) is 25.6. The maximum Gasteiger partial charge on any atom is 0 e. The number of carbonyl (C=O) groups excluding carboxylic acids is 1. The average Bonchev–Trinajstić information content (AvgIpc) is 2.97. The van der Waals surface area contributed by atoms with Gasteiger partial charge in [-0.2, -0.15) is 12.1 Å². The predicted molar refractivity (Wildman–Crippen MR) is 57.7 cm³/mol. The number of carbonyl (C=O) groups is 1. The molecular weight excluding hydrogens is 275 g/mol. The second kappa shape index (κ2) is 24.8. The molecule has 5 heteroatoms. The summed E-state index contributed by atoms with van der Waals surface area (Å²) in [4.78, 5) is 11.3. The van der Waals surface area contributed by atoms with E-state index in [1.807, 2.05) is 24.3 Å². The van der Waals surface area contributed by atoms with Crippen molar-refractivity contribution in [1.82, 2.24) is 0 Å². The van der Waals surface area contributed by atoms with Crippen LogP contribution in [0, 0.1) is 20.0 Å². The van der Waals surface area contributed by atoms with Crippen LogP contribution in [0.4, 0.5) is 0 Å². The van der Waals surface area contributed by atoms with Gasteiger partial charge in [0.2, 0.25) is 0 Å². The number of Topliss-reactive ketones (excluding diaryl/α,β-unsaturated/α-hetero) is 1.